The molecule has 5 rings (SSSR count). The second-order valence-electron chi connectivity index (χ2n) is 6.26. The third kappa shape index (κ3) is 2.54. The normalized spacial score (nSPS) is 13.8. The minimum Gasteiger partial charge on any atom is -0.312 e. The number of fused-ring (bicyclic) bond motifs is 3. The van der Waals surface area contributed by atoms with Crippen molar-refractivity contribution in [1.29, 1.82) is 0 Å². The molecule has 1 aromatic carbocycles. The van der Waals surface area contributed by atoms with E-state index in [9.17, 15) is 4.79 Å². The van der Waals surface area contributed by atoms with E-state index in [0.29, 0.717) is 18.2 Å². The molecule has 0 amide bonds. The first-order chi connectivity index (χ1) is 12.8. The molecule has 130 valence electrons. The largest absolute Gasteiger partial charge is 0.312 e. The zero-order chi connectivity index (χ0) is 17.5. The van der Waals surface area contributed by atoms with Gasteiger partial charge in [0.05, 0.1) is 18.3 Å². The van der Waals surface area contributed by atoms with Crippen LogP contribution in [0.15, 0.2) is 41.5 Å². The lowest BCUT2D eigenvalue weighted by Gasteiger charge is -2.12. The van der Waals surface area contributed by atoms with Crippen molar-refractivity contribution >= 4 is 21.6 Å². The van der Waals surface area contributed by atoms with Gasteiger partial charge >= 0.3 is 0 Å². The van der Waals surface area contributed by atoms with Gasteiger partial charge in [-0.25, -0.2) is 9.97 Å². The minimum absolute atomic E-state index is 0.00735. The molecule has 7 nitrogen and oxygen atoms in total. The predicted octanol–water partition coefficient (Wildman–Crippen LogP) is 1.94. The second kappa shape index (κ2) is 6.15. The summed E-state index contributed by atoms with van der Waals surface area (Å²) in [4.78, 5) is 24.0. The Kier molecular flexibility index (Phi) is 3.65. The first-order valence-corrected chi connectivity index (χ1v) is 9.28. The van der Waals surface area contributed by atoms with E-state index in [1.165, 1.54) is 4.88 Å². The van der Waals surface area contributed by atoms with Crippen molar-refractivity contribution in [3.05, 3.63) is 63.3 Å². The van der Waals surface area contributed by atoms with Gasteiger partial charge in [-0.05, 0) is 18.5 Å². The van der Waals surface area contributed by atoms with Crippen molar-refractivity contribution in [2.45, 2.75) is 19.5 Å². The summed E-state index contributed by atoms with van der Waals surface area (Å²) in [6.45, 7) is 2.04. The number of benzene rings is 1. The zero-order valence-corrected chi connectivity index (χ0v) is 14.7. The smallest absolute Gasteiger partial charge is 0.262 e. The molecule has 1 aliphatic heterocycles. The highest BCUT2D eigenvalue weighted by atomic mass is 32.1. The standard InChI is InChI=1S/C18H16N6OS/c25-18-15-12-6-7-19-8-13(12)26-17(15)20-10-24(18)9-14-21-16(23-22-14)11-4-2-1-3-5-11/h1-5,10,19H,6-9H2,(H,21,22,23). The van der Waals surface area contributed by atoms with E-state index in [4.69, 9.17) is 0 Å². The summed E-state index contributed by atoms with van der Waals surface area (Å²) >= 11 is 1.61. The number of hydrogen-bond acceptors (Lipinski definition) is 6. The molecule has 0 bridgehead atoms. The maximum atomic E-state index is 13.0. The van der Waals surface area contributed by atoms with Crippen LogP contribution < -0.4 is 10.9 Å². The van der Waals surface area contributed by atoms with Gasteiger partial charge < -0.3 is 5.32 Å². The van der Waals surface area contributed by atoms with Crippen LogP contribution in [0.3, 0.4) is 0 Å². The van der Waals surface area contributed by atoms with Crippen molar-refractivity contribution in [3.8, 4) is 11.4 Å². The van der Waals surface area contributed by atoms with E-state index in [1.807, 2.05) is 30.3 Å². The van der Waals surface area contributed by atoms with Gasteiger partial charge in [0, 0.05) is 17.0 Å². The Labute approximate surface area is 152 Å². The number of H-pyrrole nitrogens is 1. The average Bonchev–Trinajstić information content (AvgIpc) is 3.29. The number of aromatic amines is 1. The number of nitrogens with zero attached hydrogens (tertiary/aromatic N) is 4. The van der Waals surface area contributed by atoms with E-state index in [1.54, 1.807) is 22.2 Å². The molecule has 3 aromatic heterocycles. The van der Waals surface area contributed by atoms with Gasteiger partial charge in [-0.1, -0.05) is 30.3 Å². The molecule has 4 heterocycles. The van der Waals surface area contributed by atoms with Gasteiger partial charge in [-0.3, -0.25) is 14.5 Å². The summed E-state index contributed by atoms with van der Waals surface area (Å²) in [6.07, 6.45) is 2.47. The van der Waals surface area contributed by atoms with E-state index >= 15 is 0 Å². The first kappa shape index (κ1) is 15.4. The molecule has 0 saturated carbocycles. The number of hydrogen-bond donors (Lipinski definition) is 2. The van der Waals surface area contributed by atoms with Crippen molar-refractivity contribution in [2.24, 2.45) is 0 Å². The van der Waals surface area contributed by atoms with Crippen LogP contribution in [-0.4, -0.2) is 31.3 Å². The Bertz CT molecular complexity index is 1140. The molecule has 1 aliphatic rings. The van der Waals surface area contributed by atoms with Crippen LogP contribution in [0.25, 0.3) is 21.6 Å². The van der Waals surface area contributed by atoms with Crippen molar-refractivity contribution in [1.82, 2.24) is 30.0 Å². The Hall–Kier alpha value is -2.84. The van der Waals surface area contributed by atoms with Crippen LogP contribution in [0, 0.1) is 0 Å². The lowest BCUT2D eigenvalue weighted by atomic mass is 10.1. The summed E-state index contributed by atoms with van der Waals surface area (Å²) in [5.41, 5.74) is 2.08. The highest BCUT2D eigenvalue weighted by Crippen LogP contribution is 2.29. The molecule has 0 fully saturated rings. The van der Waals surface area contributed by atoms with Crippen molar-refractivity contribution in [2.75, 3.05) is 6.54 Å². The number of thiophene rings is 1. The van der Waals surface area contributed by atoms with Gasteiger partial charge in [0.25, 0.3) is 5.56 Å². The molecular weight excluding hydrogens is 348 g/mol. The van der Waals surface area contributed by atoms with E-state index in [0.717, 1.165) is 40.9 Å². The monoisotopic (exact) mass is 364 g/mol. The fourth-order valence-corrected chi connectivity index (χ4v) is 4.45. The van der Waals surface area contributed by atoms with E-state index < -0.39 is 0 Å². The first-order valence-electron chi connectivity index (χ1n) is 8.47. The quantitative estimate of drug-likeness (QED) is 0.580. The zero-order valence-electron chi connectivity index (χ0n) is 13.9. The van der Waals surface area contributed by atoms with Crippen LogP contribution in [0.2, 0.25) is 0 Å². The van der Waals surface area contributed by atoms with Gasteiger partial charge in [-0.2, -0.15) is 5.10 Å². The summed E-state index contributed by atoms with van der Waals surface area (Å²) in [5.74, 6) is 1.26. The second-order valence-corrected chi connectivity index (χ2v) is 7.34. The van der Waals surface area contributed by atoms with Crippen LogP contribution in [-0.2, 0) is 19.5 Å². The topological polar surface area (TPSA) is 88.5 Å². The Morgan fingerprint density at radius 3 is 3.00 bits per heavy atom. The molecule has 0 saturated heterocycles. The van der Waals surface area contributed by atoms with Crippen LogP contribution in [0.1, 0.15) is 16.3 Å². The fraction of sp³-hybridized carbons (Fsp3) is 0.222. The average molecular weight is 364 g/mol. The van der Waals surface area contributed by atoms with E-state index in [-0.39, 0.29) is 5.56 Å². The van der Waals surface area contributed by atoms with Gasteiger partial charge in [0.1, 0.15) is 10.7 Å². The molecule has 0 spiro atoms. The van der Waals surface area contributed by atoms with Gasteiger partial charge in [-0.15, -0.1) is 11.3 Å². The Morgan fingerprint density at radius 2 is 2.12 bits per heavy atom. The number of aromatic nitrogens is 5. The van der Waals surface area contributed by atoms with Crippen LogP contribution in [0.4, 0.5) is 0 Å². The molecule has 0 atom stereocenters. The molecule has 26 heavy (non-hydrogen) atoms. The molecular formula is C18H16N6OS. The SMILES string of the molecule is O=c1c2c3c(sc2ncn1Cc1nc(-c2ccccc2)n[nH]1)CNCC3. The number of nitrogens with one attached hydrogen (secondary N) is 2. The number of rotatable bonds is 3. The predicted molar refractivity (Wildman–Crippen MR) is 100 cm³/mol. The summed E-state index contributed by atoms with van der Waals surface area (Å²) in [5, 5.41) is 11.3. The highest BCUT2D eigenvalue weighted by Gasteiger charge is 2.20. The Balaban J connectivity index is 1.51. The van der Waals surface area contributed by atoms with E-state index in [2.05, 4.69) is 25.5 Å². The highest BCUT2D eigenvalue weighted by molar-refractivity contribution is 7.18. The van der Waals surface area contributed by atoms with Gasteiger partial charge in [0.2, 0.25) is 0 Å². The van der Waals surface area contributed by atoms with Crippen molar-refractivity contribution < 1.29 is 0 Å². The summed E-state index contributed by atoms with van der Waals surface area (Å²) in [7, 11) is 0. The van der Waals surface area contributed by atoms with Gasteiger partial charge in [0.15, 0.2) is 5.82 Å². The summed E-state index contributed by atoms with van der Waals surface area (Å²) < 4.78 is 1.60. The summed E-state index contributed by atoms with van der Waals surface area (Å²) in [6, 6.07) is 9.76. The van der Waals surface area contributed by atoms with Crippen LogP contribution in [0.5, 0.6) is 0 Å². The molecule has 0 radical (unpaired) electrons. The van der Waals surface area contributed by atoms with Crippen LogP contribution >= 0.6 is 11.3 Å². The molecule has 4 aromatic rings. The third-order valence-corrected chi connectivity index (χ3v) is 5.72. The maximum Gasteiger partial charge on any atom is 0.262 e. The third-order valence-electron chi connectivity index (χ3n) is 4.58. The molecule has 2 N–H and O–H groups in total. The fourth-order valence-electron chi connectivity index (χ4n) is 3.31. The molecule has 8 heteroatoms. The Morgan fingerprint density at radius 1 is 1.23 bits per heavy atom. The maximum absolute atomic E-state index is 13.0. The minimum atomic E-state index is -0.00735. The van der Waals surface area contributed by atoms with Crippen molar-refractivity contribution in [3.63, 3.8) is 0 Å². The lowest BCUT2D eigenvalue weighted by molar-refractivity contribution is 0.655. The molecule has 0 unspecified atom stereocenters. The molecule has 0 aliphatic carbocycles. The lowest BCUT2D eigenvalue weighted by Crippen LogP contribution is -2.25.